The summed E-state index contributed by atoms with van der Waals surface area (Å²) in [5.74, 6) is -1.30. The second-order valence-electron chi connectivity index (χ2n) is 6.99. The average molecular weight is 360 g/mol. The Kier molecular flexibility index (Phi) is 4.59. The monoisotopic (exact) mass is 360 g/mol. The van der Waals surface area contributed by atoms with Crippen molar-refractivity contribution in [1.82, 2.24) is 5.32 Å². The molecular formula is C22H20N2O3. The van der Waals surface area contributed by atoms with Crippen molar-refractivity contribution in [3.05, 3.63) is 77.5 Å². The van der Waals surface area contributed by atoms with Crippen LogP contribution < -0.4 is 10.6 Å². The Labute approximate surface area is 157 Å². The topological polar surface area (TPSA) is 75.3 Å². The molecule has 5 nitrogen and oxygen atoms in total. The van der Waals surface area contributed by atoms with E-state index in [-0.39, 0.29) is 29.9 Å². The number of Topliss-reactive ketones (excluding diaryl/α,β-unsaturated/α-hetero) is 1. The van der Waals surface area contributed by atoms with Crippen molar-refractivity contribution in [3.8, 4) is 0 Å². The number of nitrogens with one attached hydrogen (secondary N) is 2. The van der Waals surface area contributed by atoms with E-state index in [1.54, 1.807) is 12.1 Å². The molecular weight excluding hydrogens is 340 g/mol. The van der Waals surface area contributed by atoms with Crippen LogP contribution in [0.2, 0.25) is 0 Å². The van der Waals surface area contributed by atoms with Gasteiger partial charge < -0.3 is 10.6 Å². The SMILES string of the molecule is O=C1C[C@H](C(=O)Nc2ccccc2)C2=C(C[C@@H](c3ccccc3)CC2=O)N1. The van der Waals surface area contributed by atoms with Gasteiger partial charge >= 0.3 is 0 Å². The van der Waals surface area contributed by atoms with Gasteiger partial charge in [-0.1, -0.05) is 48.5 Å². The Morgan fingerprint density at radius 3 is 2.26 bits per heavy atom. The molecule has 27 heavy (non-hydrogen) atoms. The molecule has 2 aliphatic rings. The van der Waals surface area contributed by atoms with Crippen molar-refractivity contribution >= 4 is 23.3 Å². The number of carbonyl (C=O) groups is 3. The largest absolute Gasteiger partial charge is 0.329 e. The predicted molar refractivity (Wildman–Crippen MR) is 102 cm³/mol. The van der Waals surface area contributed by atoms with Crippen LogP contribution in [0.3, 0.4) is 0 Å². The normalized spacial score (nSPS) is 22.1. The second kappa shape index (κ2) is 7.19. The predicted octanol–water partition coefficient (Wildman–Crippen LogP) is 3.16. The molecule has 0 saturated carbocycles. The smallest absolute Gasteiger partial charge is 0.232 e. The minimum Gasteiger partial charge on any atom is -0.329 e. The molecule has 0 bridgehead atoms. The summed E-state index contributed by atoms with van der Waals surface area (Å²) in [7, 11) is 0. The van der Waals surface area contributed by atoms with E-state index < -0.39 is 5.92 Å². The van der Waals surface area contributed by atoms with Gasteiger partial charge in [0, 0.05) is 29.8 Å². The Balaban J connectivity index is 1.61. The van der Waals surface area contributed by atoms with Gasteiger partial charge in [-0.05, 0) is 30.0 Å². The van der Waals surface area contributed by atoms with Crippen LogP contribution in [-0.2, 0) is 14.4 Å². The van der Waals surface area contributed by atoms with Gasteiger partial charge in [-0.3, -0.25) is 14.4 Å². The quantitative estimate of drug-likeness (QED) is 0.883. The van der Waals surface area contributed by atoms with Crippen LogP contribution >= 0.6 is 0 Å². The molecule has 0 radical (unpaired) electrons. The Morgan fingerprint density at radius 2 is 1.56 bits per heavy atom. The number of carbonyl (C=O) groups excluding carboxylic acids is 3. The van der Waals surface area contributed by atoms with Gasteiger partial charge in [0.15, 0.2) is 5.78 Å². The zero-order valence-electron chi connectivity index (χ0n) is 14.8. The average Bonchev–Trinajstić information content (AvgIpc) is 2.68. The highest BCUT2D eigenvalue weighted by Gasteiger charge is 2.40. The summed E-state index contributed by atoms with van der Waals surface area (Å²) in [6.45, 7) is 0. The van der Waals surface area contributed by atoms with Crippen molar-refractivity contribution in [3.63, 3.8) is 0 Å². The number of amides is 2. The Bertz CT molecular complexity index is 919. The van der Waals surface area contributed by atoms with Crippen molar-refractivity contribution in [2.75, 3.05) is 5.32 Å². The highest BCUT2D eigenvalue weighted by Crippen LogP contribution is 2.39. The number of rotatable bonds is 3. The van der Waals surface area contributed by atoms with Crippen molar-refractivity contribution < 1.29 is 14.4 Å². The number of para-hydroxylation sites is 1. The molecule has 0 unspecified atom stereocenters. The van der Waals surface area contributed by atoms with Gasteiger partial charge in [-0.25, -0.2) is 0 Å². The first kappa shape index (κ1) is 17.2. The summed E-state index contributed by atoms with van der Waals surface area (Å²) in [5.41, 5.74) is 2.79. The summed E-state index contributed by atoms with van der Waals surface area (Å²) in [6.07, 6.45) is 0.916. The van der Waals surface area contributed by atoms with E-state index >= 15 is 0 Å². The summed E-state index contributed by atoms with van der Waals surface area (Å²) in [4.78, 5) is 37.9. The lowest BCUT2D eigenvalue weighted by atomic mass is 9.75. The number of ketones is 1. The first-order valence-electron chi connectivity index (χ1n) is 9.09. The third-order valence-corrected chi connectivity index (χ3v) is 5.16. The lowest BCUT2D eigenvalue weighted by Gasteiger charge is -2.33. The first-order chi connectivity index (χ1) is 13.1. The molecule has 4 rings (SSSR count). The highest BCUT2D eigenvalue weighted by atomic mass is 16.2. The number of anilines is 1. The molecule has 5 heteroatoms. The van der Waals surface area contributed by atoms with E-state index in [4.69, 9.17) is 0 Å². The third kappa shape index (κ3) is 3.53. The molecule has 1 heterocycles. The maximum absolute atomic E-state index is 12.9. The fraction of sp³-hybridized carbons (Fsp3) is 0.227. The summed E-state index contributed by atoms with van der Waals surface area (Å²) >= 11 is 0. The van der Waals surface area contributed by atoms with Gasteiger partial charge in [0.05, 0.1) is 5.92 Å². The Morgan fingerprint density at radius 1 is 0.889 bits per heavy atom. The van der Waals surface area contributed by atoms with Crippen LogP contribution in [0, 0.1) is 5.92 Å². The lowest BCUT2D eigenvalue weighted by Crippen LogP contribution is -2.43. The molecule has 0 spiro atoms. The number of benzene rings is 2. The molecule has 2 N–H and O–H groups in total. The number of hydrogen-bond donors (Lipinski definition) is 2. The second-order valence-corrected chi connectivity index (χ2v) is 6.99. The van der Waals surface area contributed by atoms with Crippen molar-refractivity contribution in [1.29, 1.82) is 0 Å². The molecule has 2 amide bonds. The van der Waals surface area contributed by atoms with Crippen LogP contribution in [0.15, 0.2) is 71.9 Å². The maximum atomic E-state index is 12.9. The summed E-state index contributed by atoms with van der Waals surface area (Å²) in [6, 6.07) is 18.9. The zero-order chi connectivity index (χ0) is 18.8. The minimum absolute atomic E-state index is 0.000750. The van der Waals surface area contributed by atoms with Gasteiger partial charge in [0.1, 0.15) is 0 Å². The van der Waals surface area contributed by atoms with Gasteiger partial charge in [-0.15, -0.1) is 0 Å². The zero-order valence-corrected chi connectivity index (χ0v) is 14.8. The highest BCUT2D eigenvalue weighted by molar-refractivity contribution is 6.09. The Hall–Kier alpha value is -3.21. The molecule has 1 aliphatic heterocycles. The van der Waals surface area contributed by atoms with E-state index in [1.165, 1.54) is 0 Å². The molecule has 2 aromatic carbocycles. The van der Waals surface area contributed by atoms with Crippen LogP contribution in [0.1, 0.15) is 30.7 Å². The number of hydrogen-bond acceptors (Lipinski definition) is 3. The third-order valence-electron chi connectivity index (χ3n) is 5.16. The van der Waals surface area contributed by atoms with E-state index in [0.717, 1.165) is 5.56 Å². The van der Waals surface area contributed by atoms with E-state index in [2.05, 4.69) is 10.6 Å². The van der Waals surface area contributed by atoms with Crippen LogP contribution in [-0.4, -0.2) is 17.6 Å². The fourth-order valence-electron chi connectivity index (χ4n) is 3.90. The summed E-state index contributed by atoms with van der Waals surface area (Å²) < 4.78 is 0. The van der Waals surface area contributed by atoms with Crippen LogP contribution in [0.5, 0.6) is 0 Å². The van der Waals surface area contributed by atoms with Gasteiger partial charge in [0.25, 0.3) is 0 Å². The van der Waals surface area contributed by atoms with E-state index in [9.17, 15) is 14.4 Å². The molecule has 1 aliphatic carbocycles. The molecule has 0 fully saturated rings. The first-order valence-corrected chi connectivity index (χ1v) is 9.09. The molecule has 0 aromatic heterocycles. The summed E-state index contributed by atoms with van der Waals surface area (Å²) in [5, 5.41) is 5.66. The van der Waals surface area contributed by atoms with Crippen LogP contribution in [0.4, 0.5) is 5.69 Å². The van der Waals surface area contributed by atoms with Gasteiger partial charge in [-0.2, -0.15) is 0 Å². The van der Waals surface area contributed by atoms with Crippen molar-refractivity contribution in [2.45, 2.75) is 25.2 Å². The molecule has 2 atom stereocenters. The standard InChI is InChI=1S/C22H20N2O3/c25-19-12-15(14-7-3-1-4-8-14)11-18-21(19)17(13-20(26)24-18)22(27)23-16-9-5-2-6-10-16/h1-10,15,17H,11-13H2,(H,23,27)(H,24,26)/t15-,17+/m1/s1. The molecule has 0 saturated heterocycles. The maximum Gasteiger partial charge on any atom is 0.232 e. The van der Waals surface area contributed by atoms with E-state index in [1.807, 2.05) is 48.5 Å². The lowest BCUT2D eigenvalue weighted by molar-refractivity contribution is -0.129. The minimum atomic E-state index is -0.738. The number of allylic oxidation sites excluding steroid dienone is 1. The molecule has 2 aromatic rings. The van der Waals surface area contributed by atoms with Gasteiger partial charge in [0.2, 0.25) is 11.8 Å². The van der Waals surface area contributed by atoms with Crippen molar-refractivity contribution in [2.24, 2.45) is 5.92 Å². The fourth-order valence-corrected chi connectivity index (χ4v) is 3.90. The van der Waals surface area contributed by atoms with E-state index in [0.29, 0.717) is 29.8 Å². The van der Waals surface area contributed by atoms with Crippen LogP contribution in [0.25, 0.3) is 0 Å². The molecule has 136 valence electrons.